The summed E-state index contributed by atoms with van der Waals surface area (Å²) in [6.07, 6.45) is 5.62. The number of aromatic nitrogens is 4. The summed E-state index contributed by atoms with van der Waals surface area (Å²) in [4.78, 5) is 8.62. The van der Waals surface area contributed by atoms with Gasteiger partial charge in [-0.15, -0.1) is 0 Å². The van der Waals surface area contributed by atoms with Crippen LogP contribution in [-0.2, 0) is 13.0 Å². The first kappa shape index (κ1) is 11.9. The topological polar surface area (TPSA) is 69.9 Å². The molecule has 0 radical (unpaired) electrons. The van der Waals surface area contributed by atoms with Crippen LogP contribution in [0.4, 0.5) is 0 Å². The second kappa shape index (κ2) is 4.59. The highest BCUT2D eigenvalue weighted by Gasteiger charge is 2.25. The van der Waals surface area contributed by atoms with Crippen molar-refractivity contribution in [2.45, 2.75) is 25.3 Å². The lowest BCUT2D eigenvalue weighted by atomic mass is 9.96. The molecule has 7 heteroatoms. The average molecular weight is 335 g/mol. The second-order valence-electron chi connectivity index (χ2n) is 4.83. The third-order valence-corrected chi connectivity index (χ3v) is 3.98. The molecule has 1 aliphatic heterocycles. The molecule has 0 fully saturated rings. The Morgan fingerprint density at radius 2 is 2.30 bits per heavy atom. The largest absolute Gasteiger partial charge is 0.446 e. The zero-order chi connectivity index (χ0) is 13.5. The Balaban J connectivity index is 1.60. The molecule has 3 aromatic rings. The highest BCUT2D eigenvalue weighted by Crippen LogP contribution is 2.30. The van der Waals surface area contributed by atoms with Gasteiger partial charge in [-0.05, 0) is 34.5 Å². The lowest BCUT2D eigenvalue weighted by Gasteiger charge is -2.20. The van der Waals surface area contributed by atoms with E-state index >= 15 is 0 Å². The summed E-state index contributed by atoms with van der Waals surface area (Å²) in [5, 5.41) is 4.00. The number of hydrogen-bond donors (Lipinski definition) is 0. The molecule has 0 aromatic carbocycles. The Bertz CT molecular complexity index is 745. The van der Waals surface area contributed by atoms with Crippen molar-refractivity contribution in [1.82, 2.24) is 19.7 Å². The first-order valence-corrected chi connectivity index (χ1v) is 7.17. The van der Waals surface area contributed by atoms with Crippen molar-refractivity contribution in [2.75, 3.05) is 0 Å². The van der Waals surface area contributed by atoms with Crippen molar-refractivity contribution >= 4 is 15.9 Å². The SMILES string of the molecule is Brc1ccc(-c2noc([C@H]3CCn4cncc4C3)n2)o1. The molecular weight excluding hydrogens is 324 g/mol. The summed E-state index contributed by atoms with van der Waals surface area (Å²) in [7, 11) is 0. The van der Waals surface area contributed by atoms with Crippen LogP contribution in [0.5, 0.6) is 0 Å². The van der Waals surface area contributed by atoms with Gasteiger partial charge in [0, 0.05) is 30.8 Å². The van der Waals surface area contributed by atoms with Gasteiger partial charge in [-0.1, -0.05) is 5.16 Å². The predicted octanol–water partition coefficient (Wildman–Crippen LogP) is 3.02. The van der Waals surface area contributed by atoms with E-state index in [0.29, 0.717) is 22.1 Å². The number of rotatable bonds is 2. The highest BCUT2D eigenvalue weighted by molar-refractivity contribution is 9.10. The zero-order valence-corrected chi connectivity index (χ0v) is 12.1. The summed E-state index contributed by atoms with van der Waals surface area (Å²) in [6, 6.07) is 3.62. The van der Waals surface area contributed by atoms with Gasteiger partial charge in [0.1, 0.15) is 0 Å². The molecule has 1 aliphatic rings. The maximum atomic E-state index is 5.43. The molecule has 0 amide bonds. The van der Waals surface area contributed by atoms with Crippen LogP contribution in [-0.4, -0.2) is 19.7 Å². The van der Waals surface area contributed by atoms with Gasteiger partial charge in [0.2, 0.25) is 11.7 Å². The van der Waals surface area contributed by atoms with Gasteiger partial charge < -0.3 is 13.5 Å². The van der Waals surface area contributed by atoms with Gasteiger partial charge in [-0.3, -0.25) is 0 Å². The van der Waals surface area contributed by atoms with Crippen LogP contribution in [0.2, 0.25) is 0 Å². The van der Waals surface area contributed by atoms with Crippen LogP contribution >= 0.6 is 15.9 Å². The van der Waals surface area contributed by atoms with Gasteiger partial charge in [0.15, 0.2) is 10.4 Å². The fourth-order valence-electron chi connectivity index (χ4n) is 2.52. The number of halogens is 1. The molecule has 0 bridgehead atoms. The Morgan fingerprint density at radius 3 is 3.15 bits per heavy atom. The zero-order valence-electron chi connectivity index (χ0n) is 10.5. The molecule has 0 N–H and O–H groups in total. The van der Waals surface area contributed by atoms with Crippen LogP contribution in [0.1, 0.15) is 23.9 Å². The molecule has 0 unspecified atom stereocenters. The first-order chi connectivity index (χ1) is 9.79. The van der Waals surface area contributed by atoms with E-state index in [0.717, 1.165) is 19.4 Å². The van der Waals surface area contributed by atoms with Gasteiger partial charge in [-0.2, -0.15) is 4.98 Å². The molecule has 3 aromatic heterocycles. The lowest BCUT2D eigenvalue weighted by Crippen LogP contribution is -2.17. The Hall–Kier alpha value is -1.89. The van der Waals surface area contributed by atoms with Crippen LogP contribution < -0.4 is 0 Å². The van der Waals surface area contributed by atoms with Gasteiger partial charge in [-0.25, -0.2) is 4.98 Å². The minimum absolute atomic E-state index is 0.249. The lowest BCUT2D eigenvalue weighted by molar-refractivity contribution is 0.325. The Kier molecular flexibility index (Phi) is 2.73. The molecule has 20 heavy (non-hydrogen) atoms. The molecule has 4 heterocycles. The number of aryl methyl sites for hydroxylation is 1. The van der Waals surface area contributed by atoms with Crippen molar-refractivity contribution in [2.24, 2.45) is 0 Å². The van der Waals surface area contributed by atoms with E-state index in [-0.39, 0.29) is 5.92 Å². The second-order valence-corrected chi connectivity index (χ2v) is 5.61. The third kappa shape index (κ3) is 1.98. The summed E-state index contributed by atoms with van der Waals surface area (Å²) < 4.78 is 13.6. The normalized spacial score (nSPS) is 18.1. The molecule has 0 saturated heterocycles. The van der Waals surface area contributed by atoms with Crippen molar-refractivity contribution < 1.29 is 8.94 Å². The molecule has 0 aliphatic carbocycles. The number of imidazole rings is 1. The van der Waals surface area contributed by atoms with E-state index in [1.165, 1.54) is 5.69 Å². The van der Waals surface area contributed by atoms with Crippen molar-refractivity contribution in [1.29, 1.82) is 0 Å². The maximum absolute atomic E-state index is 5.43. The monoisotopic (exact) mass is 334 g/mol. The third-order valence-electron chi connectivity index (χ3n) is 3.56. The van der Waals surface area contributed by atoms with Gasteiger partial charge in [0.25, 0.3) is 0 Å². The summed E-state index contributed by atoms with van der Waals surface area (Å²) in [6.45, 7) is 0.935. The van der Waals surface area contributed by atoms with E-state index in [2.05, 4.69) is 35.6 Å². The highest BCUT2D eigenvalue weighted by atomic mass is 79.9. The molecule has 0 saturated carbocycles. The van der Waals surface area contributed by atoms with Gasteiger partial charge >= 0.3 is 0 Å². The number of furan rings is 1. The quantitative estimate of drug-likeness (QED) is 0.720. The van der Waals surface area contributed by atoms with E-state index in [1.54, 1.807) is 0 Å². The van der Waals surface area contributed by atoms with E-state index in [9.17, 15) is 0 Å². The van der Waals surface area contributed by atoms with Crippen LogP contribution in [0.25, 0.3) is 11.6 Å². The van der Waals surface area contributed by atoms with Crippen LogP contribution in [0.15, 0.2) is 38.3 Å². The number of nitrogens with zero attached hydrogens (tertiary/aromatic N) is 4. The van der Waals surface area contributed by atoms with Crippen LogP contribution in [0, 0.1) is 0 Å². The Labute approximate surface area is 122 Å². The molecule has 102 valence electrons. The van der Waals surface area contributed by atoms with E-state index in [1.807, 2.05) is 24.7 Å². The minimum atomic E-state index is 0.249. The number of fused-ring (bicyclic) bond motifs is 1. The molecular formula is C13H11BrN4O2. The minimum Gasteiger partial charge on any atom is -0.446 e. The predicted molar refractivity (Wildman–Crippen MR) is 73.0 cm³/mol. The van der Waals surface area contributed by atoms with Crippen molar-refractivity contribution in [3.05, 3.63) is 40.9 Å². The smallest absolute Gasteiger partial charge is 0.238 e. The summed E-state index contributed by atoms with van der Waals surface area (Å²) in [5.41, 5.74) is 1.21. The first-order valence-electron chi connectivity index (χ1n) is 6.38. The maximum Gasteiger partial charge on any atom is 0.238 e. The Morgan fingerprint density at radius 1 is 1.35 bits per heavy atom. The van der Waals surface area contributed by atoms with E-state index in [4.69, 9.17) is 8.94 Å². The number of hydrogen-bond acceptors (Lipinski definition) is 5. The fraction of sp³-hybridized carbons (Fsp3) is 0.308. The fourth-order valence-corrected chi connectivity index (χ4v) is 2.82. The molecule has 4 rings (SSSR count). The van der Waals surface area contributed by atoms with E-state index < -0.39 is 0 Å². The average Bonchev–Trinajstić information content (AvgIpc) is 3.17. The molecule has 6 nitrogen and oxygen atoms in total. The standard InChI is InChI=1S/C13H11BrN4O2/c14-11-2-1-10(19-11)12-16-13(20-17-12)8-3-4-18-7-15-6-9(18)5-8/h1-2,6-8H,3-5H2/t8-/m0/s1. The molecule has 1 atom stereocenters. The van der Waals surface area contributed by atoms with Crippen molar-refractivity contribution in [3.8, 4) is 11.6 Å². The summed E-state index contributed by atoms with van der Waals surface area (Å²) in [5.74, 6) is 2.01. The van der Waals surface area contributed by atoms with Crippen LogP contribution in [0.3, 0.4) is 0 Å². The molecule has 0 spiro atoms. The summed E-state index contributed by atoms with van der Waals surface area (Å²) >= 11 is 3.26. The van der Waals surface area contributed by atoms with Crippen molar-refractivity contribution in [3.63, 3.8) is 0 Å². The van der Waals surface area contributed by atoms with Gasteiger partial charge in [0.05, 0.1) is 6.33 Å².